The van der Waals surface area contributed by atoms with E-state index in [1.165, 1.54) is 12.8 Å². The Kier molecular flexibility index (Phi) is 5.61. The first kappa shape index (κ1) is 17.1. The lowest BCUT2D eigenvalue weighted by Crippen LogP contribution is -2.46. The van der Waals surface area contributed by atoms with Gasteiger partial charge >= 0.3 is 6.03 Å². The van der Waals surface area contributed by atoms with E-state index in [1.807, 2.05) is 23.1 Å². The fourth-order valence-corrected chi connectivity index (χ4v) is 3.70. The number of anilines is 2. The molecule has 2 amide bonds. The molecule has 0 bridgehead atoms. The number of ether oxygens (including phenoxy) is 1. The molecule has 2 aliphatic heterocycles. The molecule has 5 heteroatoms. The minimum Gasteiger partial charge on any atom is -0.372 e. The molecule has 132 valence electrons. The summed E-state index contributed by atoms with van der Waals surface area (Å²) in [6, 6.07) is 8.12. The summed E-state index contributed by atoms with van der Waals surface area (Å²) in [7, 11) is 0. The predicted octanol–water partition coefficient (Wildman–Crippen LogP) is 3.71. The summed E-state index contributed by atoms with van der Waals surface area (Å²) in [5.41, 5.74) is 1.98. The summed E-state index contributed by atoms with van der Waals surface area (Å²) in [5, 5.41) is 3.14. The van der Waals surface area contributed by atoms with Gasteiger partial charge in [-0.1, -0.05) is 25.0 Å². The van der Waals surface area contributed by atoms with Crippen LogP contribution < -0.4 is 10.2 Å². The normalized spacial score (nSPS) is 25.2. The summed E-state index contributed by atoms with van der Waals surface area (Å²) in [6.45, 7) is 7.61. The first-order valence-electron chi connectivity index (χ1n) is 9.19. The highest BCUT2D eigenvalue weighted by atomic mass is 16.5. The third-order valence-corrected chi connectivity index (χ3v) is 4.80. The molecule has 2 fully saturated rings. The van der Waals surface area contributed by atoms with Crippen LogP contribution in [-0.4, -0.2) is 49.3 Å². The number of hydrogen-bond donors (Lipinski definition) is 1. The molecule has 1 N–H and O–H groups in total. The number of rotatable bonds is 2. The number of benzene rings is 1. The van der Waals surface area contributed by atoms with E-state index in [4.69, 9.17) is 4.74 Å². The van der Waals surface area contributed by atoms with Crippen molar-refractivity contribution >= 4 is 17.4 Å². The third-order valence-electron chi connectivity index (χ3n) is 4.80. The van der Waals surface area contributed by atoms with Gasteiger partial charge in [-0.05, 0) is 38.8 Å². The Labute approximate surface area is 145 Å². The number of carbonyl (C=O) groups is 1. The van der Waals surface area contributed by atoms with Crippen LogP contribution in [-0.2, 0) is 4.74 Å². The number of nitrogens with one attached hydrogen (secondary N) is 1. The molecule has 0 unspecified atom stereocenters. The molecular formula is C19H29N3O2. The van der Waals surface area contributed by atoms with Crippen molar-refractivity contribution in [2.45, 2.75) is 51.7 Å². The van der Waals surface area contributed by atoms with Crippen LogP contribution in [0.4, 0.5) is 16.2 Å². The molecule has 0 spiro atoms. The summed E-state index contributed by atoms with van der Waals surface area (Å²) in [4.78, 5) is 16.9. The number of para-hydroxylation sites is 2. The van der Waals surface area contributed by atoms with E-state index in [-0.39, 0.29) is 18.2 Å². The number of hydrogen-bond acceptors (Lipinski definition) is 3. The van der Waals surface area contributed by atoms with Crippen molar-refractivity contribution in [3.05, 3.63) is 24.3 Å². The van der Waals surface area contributed by atoms with E-state index in [0.29, 0.717) is 0 Å². The molecule has 2 saturated heterocycles. The fraction of sp³-hybridized carbons (Fsp3) is 0.632. The van der Waals surface area contributed by atoms with Gasteiger partial charge in [0, 0.05) is 26.2 Å². The third kappa shape index (κ3) is 4.20. The van der Waals surface area contributed by atoms with Crippen molar-refractivity contribution in [1.82, 2.24) is 4.90 Å². The Balaban J connectivity index is 1.72. The van der Waals surface area contributed by atoms with Gasteiger partial charge < -0.3 is 19.9 Å². The van der Waals surface area contributed by atoms with E-state index < -0.39 is 0 Å². The molecule has 3 rings (SSSR count). The largest absolute Gasteiger partial charge is 0.372 e. The van der Waals surface area contributed by atoms with Crippen molar-refractivity contribution in [3.63, 3.8) is 0 Å². The maximum absolute atomic E-state index is 12.7. The first-order valence-corrected chi connectivity index (χ1v) is 9.19. The topological polar surface area (TPSA) is 44.8 Å². The van der Waals surface area contributed by atoms with Crippen LogP contribution >= 0.6 is 0 Å². The number of amides is 2. The zero-order valence-electron chi connectivity index (χ0n) is 14.8. The van der Waals surface area contributed by atoms with Gasteiger partial charge in [-0.3, -0.25) is 0 Å². The predicted molar refractivity (Wildman–Crippen MR) is 97.7 cm³/mol. The summed E-state index contributed by atoms with van der Waals surface area (Å²) < 4.78 is 5.83. The molecule has 1 aromatic rings. The van der Waals surface area contributed by atoms with Gasteiger partial charge in [0.25, 0.3) is 0 Å². The molecule has 2 aliphatic rings. The Bertz CT molecular complexity index is 545. The van der Waals surface area contributed by atoms with E-state index in [1.54, 1.807) is 0 Å². The average molecular weight is 331 g/mol. The van der Waals surface area contributed by atoms with Crippen molar-refractivity contribution in [3.8, 4) is 0 Å². The molecular weight excluding hydrogens is 302 g/mol. The Morgan fingerprint density at radius 3 is 2.33 bits per heavy atom. The monoisotopic (exact) mass is 331 g/mol. The van der Waals surface area contributed by atoms with Crippen LogP contribution in [0.2, 0.25) is 0 Å². The van der Waals surface area contributed by atoms with Crippen molar-refractivity contribution < 1.29 is 9.53 Å². The number of carbonyl (C=O) groups excluding carboxylic acids is 1. The lowest BCUT2D eigenvalue weighted by atomic mass is 10.1. The van der Waals surface area contributed by atoms with Gasteiger partial charge in [0.15, 0.2) is 0 Å². The molecule has 0 aliphatic carbocycles. The van der Waals surface area contributed by atoms with Crippen LogP contribution in [0.3, 0.4) is 0 Å². The van der Waals surface area contributed by atoms with Crippen LogP contribution in [0.25, 0.3) is 0 Å². The SMILES string of the molecule is C[C@H]1CN(c2ccccc2NC(=O)N2CCCCCC2)C[C@H](C)O1. The minimum atomic E-state index is 0.0266. The molecule has 0 aromatic heterocycles. The van der Waals surface area contributed by atoms with Gasteiger partial charge in [-0.25, -0.2) is 4.79 Å². The standard InChI is InChI=1S/C19H29N3O2/c1-15-13-22(14-16(2)24-15)18-10-6-5-9-17(18)20-19(23)21-11-7-3-4-8-12-21/h5-6,9-10,15-16H,3-4,7-8,11-14H2,1-2H3,(H,20,23)/t15-,16-/m0/s1. The molecule has 1 aromatic carbocycles. The fourth-order valence-electron chi connectivity index (χ4n) is 3.70. The maximum atomic E-state index is 12.7. The smallest absolute Gasteiger partial charge is 0.321 e. The molecule has 2 atom stereocenters. The zero-order chi connectivity index (χ0) is 16.9. The molecule has 2 heterocycles. The number of likely N-dealkylation sites (tertiary alicyclic amines) is 1. The van der Waals surface area contributed by atoms with Gasteiger partial charge in [-0.2, -0.15) is 0 Å². The average Bonchev–Trinajstić information content (AvgIpc) is 2.84. The summed E-state index contributed by atoms with van der Waals surface area (Å²) in [5.74, 6) is 0. The second kappa shape index (κ2) is 7.88. The Morgan fingerprint density at radius 2 is 1.67 bits per heavy atom. The second-order valence-electron chi connectivity index (χ2n) is 7.01. The van der Waals surface area contributed by atoms with Gasteiger partial charge in [-0.15, -0.1) is 0 Å². The van der Waals surface area contributed by atoms with Crippen molar-refractivity contribution in [2.24, 2.45) is 0 Å². The summed E-state index contributed by atoms with van der Waals surface area (Å²) >= 11 is 0. The van der Waals surface area contributed by atoms with Crippen LogP contribution in [0.15, 0.2) is 24.3 Å². The zero-order valence-corrected chi connectivity index (χ0v) is 14.8. The minimum absolute atomic E-state index is 0.0266. The number of urea groups is 1. The lowest BCUT2D eigenvalue weighted by Gasteiger charge is -2.37. The summed E-state index contributed by atoms with van der Waals surface area (Å²) in [6.07, 6.45) is 5.06. The quantitative estimate of drug-likeness (QED) is 0.898. The van der Waals surface area contributed by atoms with Gasteiger partial charge in [0.05, 0.1) is 23.6 Å². The molecule has 24 heavy (non-hydrogen) atoms. The second-order valence-corrected chi connectivity index (χ2v) is 7.01. The highest BCUT2D eigenvalue weighted by molar-refractivity contribution is 5.93. The number of nitrogens with zero attached hydrogens (tertiary/aromatic N) is 2. The molecule has 5 nitrogen and oxygen atoms in total. The van der Waals surface area contributed by atoms with Gasteiger partial charge in [0.1, 0.15) is 0 Å². The van der Waals surface area contributed by atoms with E-state index in [9.17, 15) is 4.79 Å². The van der Waals surface area contributed by atoms with Crippen LogP contribution in [0.1, 0.15) is 39.5 Å². The van der Waals surface area contributed by atoms with Crippen molar-refractivity contribution in [2.75, 3.05) is 36.4 Å². The van der Waals surface area contributed by atoms with E-state index >= 15 is 0 Å². The van der Waals surface area contributed by atoms with E-state index in [0.717, 1.165) is 50.4 Å². The Hall–Kier alpha value is -1.75. The molecule has 0 saturated carbocycles. The number of morpholine rings is 1. The maximum Gasteiger partial charge on any atom is 0.321 e. The van der Waals surface area contributed by atoms with Crippen LogP contribution in [0, 0.1) is 0 Å². The highest BCUT2D eigenvalue weighted by Gasteiger charge is 2.25. The van der Waals surface area contributed by atoms with E-state index in [2.05, 4.69) is 30.1 Å². The van der Waals surface area contributed by atoms with Gasteiger partial charge in [0.2, 0.25) is 0 Å². The van der Waals surface area contributed by atoms with Crippen molar-refractivity contribution in [1.29, 1.82) is 0 Å². The Morgan fingerprint density at radius 1 is 1.04 bits per heavy atom. The highest BCUT2D eigenvalue weighted by Crippen LogP contribution is 2.29. The lowest BCUT2D eigenvalue weighted by molar-refractivity contribution is -0.00517. The first-order chi connectivity index (χ1) is 11.6. The van der Waals surface area contributed by atoms with Crippen LogP contribution in [0.5, 0.6) is 0 Å². The molecule has 0 radical (unpaired) electrons.